The van der Waals surface area contributed by atoms with Gasteiger partial charge in [-0.3, -0.25) is 0 Å². The van der Waals surface area contributed by atoms with Crippen LogP contribution in [0.2, 0.25) is 0 Å². The molecule has 1 aliphatic carbocycles. The van der Waals surface area contributed by atoms with Gasteiger partial charge in [-0.2, -0.15) is 4.98 Å². The van der Waals surface area contributed by atoms with Crippen molar-refractivity contribution in [2.24, 2.45) is 11.8 Å². The van der Waals surface area contributed by atoms with Crippen molar-refractivity contribution in [3.63, 3.8) is 0 Å². The first-order valence-electron chi connectivity index (χ1n) is 7.02. The van der Waals surface area contributed by atoms with Gasteiger partial charge in [0.2, 0.25) is 5.89 Å². The molecule has 0 saturated heterocycles. The molecular formula is C15H23N3O. The third-order valence-electron chi connectivity index (χ3n) is 3.53. The van der Waals surface area contributed by atoms with E-state index in [0.717, 1.165) is 12.8 Å². The molecule has 0 unspecified atom stereocenters. The molecule has 1 aromatic heterocycles. The molecule has 1 aromatic rings. The highest BCUT2D eigenvalue weighted by molar-refractivity contribution is 5.39. The summed E-state index contributed by atoms with van der Waals surface area (Å²) in [4.78, 5) is 4.06. The maximum Gasteiger partial charge on any atom is 0.245 e. The van der Waals surface area contributed by atoms with Crippen molar-refractivity contribution in [2.75, 3.05) is 0 Å². The Hall–Kier alpha value is -1.58. The van der Waals surface area contributed by atoms with Crippen LogP contribution in [0.4, 0.5) is 0 Å². The van der Waals surface area contributed by atoms with E-state index in [4.69, 9.17) is 4.52 Å². The molecule has 1 N–H and O–H groups in total. The maximum atomic E-state index is 5.05. The molecule has 0 aliphatic heterocycles. The molecule has 0 aromatic carbocycles. The van der Waals surface area contributed by atoms with Gasteiger partial charge in [0.15, 0.2) is 6.33 Å². The number of hydrogen-bond donors (Lipinski definition) is 1. The van der Waals surface area contributed by atoms with E-state index in [1.54, 1.807) is 0 Å². The smallest absolute Gasteiger partial charge is 0.245 e. The molecule has 2 rings (SSSR count). The van der Waals surface area contributed by atoms with E-state index >= 15 is 0 Å². The standard InChI is InChI=1S/C15H23N3O/c1-10(2)12-6-5-7-13(11(3)4)15(12)16-8-14-17-9-18-19-14/h6,9-11,16H,5,7-8H2,1-4H3. The largest absolute Gasteiger partial charge is 0.376 e. The van der Waals surface area contributed by atoms with Crippen LogP contribution in [0.5, 0.6) is 0 Å². The van der Waals surface area contributed by atoms with Crippen molar-refractivity contribution in [2.45, 2.75) is 47.1 Å². The lowest BCUT2D eigenvalue weighted by molar-refractivity contribution is 0.370. The Kier molecular flexibility index (Phi) is 4.40. The maximum absolute atomic E-state index is 5.05. The molecular weight excluding hydrogens is 238 g/mol. The highest BCUT2D eigenvalue weighted by Crippen LogP contribution is 2.32. The Balaban J connectivity index is 2.20. The SMILES string of the molecule is CC(C)C1=CCCC(C(C)C)=C1NCc1ncno1. The second kappa shape index (κ2) is 6.04. The molecule has 0 spiro atoms. The summed E-state index contributed by atoms with van der Waals surface area (Å²) in [5, 5.41) is 7.14. The Bertz CT molecular complexity index is 470. The van der Waals surface area contributed by atoms with Gasteiger partial charge in [0.05, 0.1) is 6.54 Å². The Morgan fingerprint density at radius 1 is 1.26 bits per heavy atom. The van der Waals surface area contributed by atoms with Crippen LogP contribution < -0.4 is 5.32 Å². The molecule has 0 radical (unpaired) electrons. The molecule has 4 nitrogen and oxygen atoms in total. The lowest BCUT2D eigenvalue weighted by atomic mass is 9.84. The Labute approximate surface area is 115 Å². The molecule has 0 atom stereocenters. The third-order valence-corrected chi connectivity index (χ3v) is 3.53. The molecule has 1 heterocycles. The quantitative estimate of drug-likeness (QED) is 0.882. The van der Waals surface area contributed by atoms with Crippen molar-refractivity contribution >= 4 is 0 Å². The van der Waals surface area contributed by atoms with Crippen molar-refractivity contribution in [1.29, 1.82) is 0 Å². The van der Waals surface area contributed by atoms with Gasteiger partial charge in [-0.25, -0.2) is 0 Å². The van der Waals surface area contributed by atoms with E-state index in [2.05, 4.69) is 49.2 Å². The van der Waals surface area contributed by atoms with Crippen LogP contribution in [0.25, 0.3) is 0 Å². The summed E-state index contributed by atoms with van der Waals surface area (Å²) in [5.41, 5.74) is 4.20. The van der Waals surface area contributed by atoms with Gasteiger partial charge in [-0.05, 0) is 35.8 Å². The summed E-state index contributed by atoms with van der Waals surface area (Å²) in [6.45, 7) is 9.59. The van der Waals surface area contributed by atoms with Crippen LogP contribution in [-0.2, 0) is 6.54 Å². The van der Waals surface area contributed by atoms with E-state index in [-0.39, 0.29) is 0 Å². The minimum Gasteiger partial charge on any atom is -0.376 e. The predicted molar refractivity (Wildman–Crippen MR) is 75.2 cm³/mol. The lowest BCUT2D eigenvalue weighted by Gasteiger charge is -2.27. The van der Waals surface area contributed by atoms with Gasteiger partial charge in [0, 0.05) is 5.70 Å². The normalized spacial score (nSPS) is 16.2. The summed E-state index contributed by atoms with van der Waals surface area (Å²) in [5.74, 6) is 1.72. The molecule has 0 fully saturated rings. The van der Waals surface area contributed by atoms with E-state index in [9.17, 15) is 0 Å². The van der Waals surface area contributed by atoms with Crippen LogP contribution >= 0.6 is 0 Å². The summed E-state index contributed by atoms with van der Waals surface area (Å²) in [6.07, 6.45) is 6.08. The van der Waals surface area contributed by atoms with Crippen molar-refractivity contribution in [3.8, 4) is 0 Å². The van der Waals surface area contributed by atoms with E-state index in [0.29, 0.717) is 24.3 Å². The minimum absolute atomic E-state index is 0.527. The number of nitrogens with zero attached hydrogens (tertiary/aromatic N) is 2. The van der Waals surface area contributed by atoms with Crippen LogP contribution in [0.15, 0.2) is 33.8 Å². The molecule has 0 saturated carbocycles. The van der Waals surface area contributed by atoms with Crippen molar-refractivity contribution in [1.82, 2.24) is 15.5 Å². The fourth-order valence-electron chi connectivity index (χ4n) is 2.55. The van der Waals surface area contributed by atoms with Crippen LogP contribution in [0, 0.1) is 11.8 Å². The fraction of sp³-hybridized carbons (Fsp3) is 0.600. The average Bonchev–Trinajstić information content (AvgIpc) is 2.88. The summed E-state index contributed by atoms with van der Waals surface area (Å²) >= 11 is 0. The van der Waals surface area contributed by atoms with Gasteiger partial charge in [0.25, 0.3) is 0 Å². The average molecular weight is 261 g/mol. The monoisotopic (exact) mass is 261 g/mol. The fourth-order valence-corrected chi connectivity index (χ4v) is 2.55. The summed E-state index contributed by atoms with van der Waals surface area (Å²) in [7, 11) is 0. The minimum atomic E-state index is 0.527. The first-order valence-corrected chi connectivity index (χ1v) is 7.02. The Morgan fingerprint density at radius 3 is 2.63 bits per heavy atom. The molecule has 1 aliphatic rings. The number of hydrogen-bond acceptors (Lipinski definition) is 4. The van der Waals surface area contributed by atoms with Crippen molar-refractivity contribution in [3.05, 3.63) is 35.1 Å². The van der Waals surface area contributed by atoms with Gasteiger partial charge in [-0.1, -0.05) is 38.9 Å². The van der Waals surface area contributed by atoms with Gasteiger partial charge >= 0.3 is 0 Å². The van der Waals surface area contributed by atoms with Crippen LogP contribution in [0.3, 0.4) is 0 Å². The third kappa shape index (κ3) is 3.25. The lowest BCUT2D eigenvalue weighted by Crippen LogP contribution is -2.23. The highest BCUT2D eigenvalue weighted by Gasteiger charge is 2.20. The molecule has 104 valence electrons. The van der Waals surface area contributed by atoms with Crippen LogP contribution in [0.1, 0.15) is 46.4 Å². The number of rotatable bonds is 5. The zero-order valence-corrected chi connectivity index (χ0v) is 12.2. The second-order valence-electron chi connectivity index (χ2n) is 5.60. The number of aromatic nitrogens is 2. The van der Waals surface area contributed by atoms with Gasteiger partial charge in [-0.15, -0.1) is 0 Å². The summed E-state index contributed by atoms with van der Waals surface area (Å²) < 4.78 is 5.05. The van der Waals surface area contributed by atoms with Crippen LogP contribution in [-0.4, -0.2) is 10.1 Å². The second-order valence-corrected chi connectivity index (χ2v) is 5.60. The van der Waals surface area contributed by atoms with Gasteiger partial charge < -0.3 is 9.84 Å². The first-order chi connectivity index (χ1) is 9.09. The summed E-state index contributed by atoms with van der Waals surface area (Å²) in [6, 6.07) is 0. The highest BCUT2D eigenvalue weighted by atomic mass is 16.5. The molecule has 19 heavy (non-hydrogen) atoms. The number of allylic oxidation sites excluding steroid dienone is 3. The van der Waals surface area contributed by atoms with Gasteiger partial charge in [0.1, 0.15) is 0 Å². The van der Waals surface area contributed by atoms with Crippen molar-refractivity contribution < 1.29 is 4.52 Å². The van der Waals surface area contributed by atoms with E-state index < -0.39 is 0 Å². The van der Waals surface area contributed by atoms with E-state index in [1.165, 1.54) is 23.2 Å². The molecule has 4 heteroatoms. The topological polar surface area (TPSA) is 51.0 Å². The zero-order chi connectivity index (χ0) is 13.8. The zero-order valence-electron chi connectivity index (χ0n) is 12.2. The predicted octanol–water partition coefficient (Wildman–Crippen LogP) is 3.45. The molecule has 0 bridgehead atoms. The molecule has 0 amide bonds. The first kappa shape index (κ1) is 13.8. The number of nitrogens with one attached hydrogen (secondary N) is 1. The van der Waals surface area contributed by atoms with E-state index in [1.807, 2.05) is 0 Å². The Morgan fingerprint density at radius 2 is 2.05 bits per heavy atom.